The van der Waals surface area contributed by atoms with Crippen LogP contribution in [0, 0.1) is 0 Å². The number of H-pyrrole nitrogens is 1. The maximum absolute atomic E-state index is 12.2. The van der Waals surface area contributed by atoms with Crippen molar-refractivity contribution in [1.29, 1.82) is 0 Å². The highest BCUT2D eigenvalue weighted by Crippen LogP contribution is 2.26. The van der Waals surface area contributed by atoms with Gasteiger partial charge in [-0.2, -0.15) is 0 Å². The lowest BCUT2D eigenvalue weighted by molar-refractivity contribution is 0.102. The second-order valence-corrected chi connectivity index (χ2v) is 5.03. The summed E-state index contributed by atoms with van der Waals surface area (Å²) in [5.41, 5.74) is 7.65. The van der Waals surface area contributed by atoms with Crippen LogP contribution in [0.3, 0.4) is 0 Å². The Morgan fingerprint density at radius 3 is 2.62 bits per heavy atom. The third kappa shape index (κ3) is 2.63. The number of rotatable bonds is 2. The number of nitrogens with two attached hydrogens (primary N) is 1. The number of aromatic amines is 1. The molecule has 0 radical (unpaired) electrons. The van der Waals surface area contributed by atoms with Crippen LogP contribution in [0.1, 0.15) is 10.5 Å². The number of carbonyl (C=O) groups excluding carboxylic acids is 1. The van der Waals surface area contributed by atoms with Crippen LogP contribution in [0.2, 0.25) is 10.3 Å². The molecule has 0 aliphatic rings. The summed E-state index contributed by atoms with van der Waals surface area (Å²) >= 11 is 11.8. The highest BCUT2D eigenvalue weighted by Gasteiger charge is 2.15. The monoisotopic (exact) mass is 321 g/mol. The minimum absolute atomic E-state index is 0.0729. The summed E-state index contributed by atoms with van der Waals surface area (Å²) in [5, 5.41) is 3.56. The molecule has 8 heteroatoms. The van der Waals surface area contributed by atoms with Crippen LogP contribution in [0.15, 0.2) is 30.6 Å². The third-order valence-electron chi connectivity index (χ3n) is 2.88. The fourth-order valence-corrected chi connectivity index (χ4v) is 2.31. The highest BCUT2D eigenvalue weighted by atomic mass is 35.5. The zero-order valence-corrected chi connectivity index (χ0v) is 12.0. The van der Waals surface area contributed by atoms with Crippen LogP contribution >= 0.6 is 23.2 Å². The second-order valence-electron chi connectivity index (χ2n) is 4.31. The minimum atomic E-state index is -0.400. The van der Waals surface area contributed by atoms with E-state index in [1.807, 2.05) is 0 Å². The molecule has 0 saturated heterocycles. The van der Waals surface area contributed by atoms with E-state index in [1.54, 1.807) is 24.3 Å². The quantitative estimate of drug-likeness (QED) is 0.499. The first-order valence-electron chi connectivity index (χ1n) is 5.90. The van der Waals surface area contributed by atoms with Gasteiger partial charge in [-0.05, 0) is 24.3 Å². The Balaban J connectivity index is 1.94. The van der Waals surface area contributed by atoms with Gasteiger partial charge in [0, 0.05) is 16.6 Å². The summed E-state index contributed by atoms with van der Waals surface area (Å²) < 4.78 is 0. The van der Waals surface area contributed by atoms with Gasteiger partial charge in [-0.3, -0.25) is 4.79 Å². The topological polar surface area (TPSA) is 96.7 Å². The Labute approximate surface area is 129 Å². The molecule has 1 amide bonds. The number of nitrogen functional groups attached to an aromatic ring is 1. The molecule has 0 unspecified atom stereocenters. The third-order valence-corrected chi connectivity index (χ3v) is 3.46. The smallest absolute Gasteiger partial charge is 0.272 e. The van der Waals surface area contributed by atoms with E-state index in [1.165, 1.54) is 6.33 Å². The largest absolute Gasteiger partial charge is 0.399 e. The fraction of sp³-hybridized carbons (Fsp3) is 0. The summed E-state index contributed by atoms with van der Waals surface area (Å²) in [6, 6.07) is 7.01. The second kappa shape index (κ2) is 5.23. The number of aromatic nitrogens is 3. The first-order valence-corrected chi connectivity index (χ1v) is 6.66. The number of anilines is 2. The number of benzene rings is 1. The number of halogens is 2. The number of hydrogen-bond donors (Lipinski definition) is 3. The number of hydrogen-bond acceptors (Lipinski definition) is 4. The number of nitrogens with one attached hydrogen (secondary N) is 2. The summed E-state index contributed by atoms with van der Waals surface area (Å²) in [6.45, 7) is 0. The number of fused-ring (bicyclic) bond motifs is 1. The van der Waals surface area contributed by atoms with Crippen molar-refractivity contribution in [3.63, 3.8) is 0 Å². The van der Waals surface area contributed by atoms with Gasteiger partial charge < -0.3 is 16.0 Å². The average Bonchev–Trinajstić information content (AvgIpc) is 2.86. The Kier molecular flexibility index (Phi) is 3.40. The van der Waals surface area contributed by atoms with E-state index >= 15 is 0 Å². The Bertz CT molecular complexity index is 825. The Hall–Kier alpha value is -2.31. The normalized spacial score (nSPS) is 10.8. The predicted octanol–water partition coefficient (Wildman–Crippen LogP) is 3.10. The van der Waals surface area contributed by atoms with Gasteiger partial charge in [0.15, 0.2) is 10.3 Å². The Morgan fingerprint density at radius 1 is 1.19 bits per heavy atom. The van der Waals surface area contributed by atoms with Crippen molar-refractivity contribution in [2.45, 2.75) is 0 Å². The molecule has 0 atom stereocenters. The molecular formula is C13H9Cl2N5O. The van der Waals surface area contributed by atoms with Gasteiger partial charge in [0.25, 0.3) is 5.91 Å². The molecule has 0 spiro atoms. The van der Waals surface area contributed by atoms with E-state index in [4.69, 9.17) is 28.9 Å². The lowest BCUT2D eigenvalue weighted by atomic mass is 10.2. The average molecular weight is 322 g/mol. The molecule has 0 aliphatic carbocycles. The van der Waals surface area contributed by atoms with Crippen LogP contribution in [0.25, 0.3) is 10.9 Å². The first-order chi connectivity index (χ1) is 10.0. The molecule has 3 aromatic rings. The van der Waals surface area contributed by atoms with Crippen molar-refractivity contribution in [3.8, 4) is 0 Å². The van der Waals surface area contributed by atoms with Gasteiger partial charge in [-0.1, -0.05) is 23.2 Å². The lowest BCUT2D eigenvalue weighted by Gasteiger charge is -2.06. The van der Waals surface area contributed by atoms with Crippen molar-refractivity contribution < 1.29 is 4.79 Å². The summed E-state index contributed by atoms with van der Waals surface area (Å²) in [7, 11) is 0. The highest BCUT2D eigenvalue weighted by molar-refractivity contribution is 6.38. The van der Waals surface area contributed by atoms with Crippen molar-refractivity contribution in [2.24, 2.45) is 0 Å². The van der Waals surface area contributed by atoms with Crippen LogP contribution in [0.4, 0.5) is 11.4 Å². The van der Waals surface area contributed by atoms with Gasteiger partial charge >= 0.3 is 0 Å². The van der Waals surface area contributed by atoms with E-state index in [9.17, 15) is 4.79 Å². The van der Waals surface area contributed by atoms with Gasteiger partial charge in [-0.25, -0.2) is 9.97 Å². The van der Waals surface area contributed by atoms with Crippen LogP contribution in [0.5, 0.6) is 0 Å². The van der Waals surface area contributed by atoms with Crippen LogP contribution in [-0.4, -0.2) is 20.9 Å². The van der Waals surface area contributed by atoms with E-state index in [0.29, 0.717) is 11.4 Å². The van der Waals surface area contributed by atoms with Gasteiger partial charge in [-0.15, -0.1) is 0 Å². The molecule has 1 aromatic carbocycles. The summed E-state index contributed by atoms with van der Waals surface area (Å²) in [5.74, 6) is -0.400. The maximum Gasteiger partial charge on any atom is 0.272 e. The van der Waals surface area contributed by atoms with Gasteiger partial charge in [0.05, 0.1) is 0 Å². The van der Waals surface area contributed by atoms with Crippen molar-refractivity contribution in [3.05, 3.63) is 46.6 Å². The molecule has 2 aromatic heterocycles. The summed E-state index contributed by atoms with van der Waals surface area (Å²) in [4.78, 5) is 22.8. The van der Waals surface area contributed by atoms with Crippen molar-refractivity contribution >= 4 is 51.4 Å². The molecule has 3 rings (SSSR count). The number of nitrogens with zero attached hydrogens (tertiary/aromatic N) is 2. The van der Waals surface area contributed by atoms with Crippen LogP contribution < -0.4 is 11.1 Å². The SMILES string of the molecule is Nc1ccc2[nH]c(C(=O)Nc3c(Cl)ncnc3Cl)cc2c1. The fourth-order valence-electron chi connectivity index (χ4n) is 1.90. The van der Waals surface area contributed by atoms with Gasteiger partial charge in [0.2, 0.25) is 0 Å². The molecule has 0 fully saturated rings. The molecule has 0 saturated carbocycles. The lowest BCUT2D eigenvalue weighted by Crippen LogP contribution is -2.13. The molecular weight excluding hydrogens is 313 g/mol. The maximum atomic E-state index is 12.2. The minimum Gasteiger partial charge on any atom is -0.399 e. The first kappa shape index (κ1) is 13.7. The number of amides is 1. The zero-order valence-electron chi connectivity index (χ0n) is 10.5. The zero-order chi connectivity index (χ0) is 15.0. The van der Waals surface area contributed by atoms with Crippen LogP contribution in [-0.2, 0) is 0 Å². The molecule has 0 bridgehead atoms. The molecule has 106 valence electrons. The molecule has 0 aliphatic heterocycles. The van der Waals surface area contributed by atoms with E-state index in [0.717, 1.165) is 10.9 Å². The van der Waals surface area contributed by atoms with Crippen molar-refractivity contribution in [1.82, 2.24) is 15.0 Å². The number of carbonyl (C=O) groups is 1. The molecule has 2 heterocycles. The molecule has 4 N–H and O–H groups in total. The van der Waals surface area contributed by atoms with E-state index in [-0.39, 0.29) is 16.0 Å². The van der Waals surface area contributed by atoms with E-state index in [2.05, 4.69) is 20.3 Å². The van der Waals surface area contributed by atoms with Gasteiger partial charge in [0.1, 0.15) is 17.7 Å². The molecule has 6 nitrogen and oxygen atoms in total. The summed E-state index contributed by atoms with van der Waals surface area (Å²) in [6.07, 6.45) is 1.21. The molecule has 21 heavy (non-hydrogen) atoms. The predicted molar refractivity (Wildman–Crippen MR) is 82.7 cm³/mol. The standard InChI is InChI=1S/C13H9Cl2N5O/c14-11-10(12(15)18-5-17-11)20-13(21)9-4-6-3-7(16)1-2-8(6)19-9/h1-5,19H,16H2,(H,20,21). The van der Waals surface area contributed by atoms with E-state index < -0.39 is 5.91 Å². The van der Waals surface area contributed by atoms with Crippen molar-refractivity contribution in [2.75, 3.05) is 11.1 Å². The Morgan fingerprint density at radius 2 is 1.90 bits per heavy atom.